The van der Waals surface area contributed by atoms with Gasteiger partial charge in [-0.3, -0.25) is 14.5 Å². The number of aliphatic hydroxyl groups excluding tert-OH is 1. The molecule has 3 aromatic rings. The van der Waals surface area contributed by atoms with Gasteiger partial charge in [-0.2, -0.15) is 0 Å². The molecule has 2 aromatic carbocycles. The first-order valence-electron chi connectivity index (χ1n) is 12.4. The van der Waals surface area contributed by atoms with Crippen LogP contribution in [0.4, 0.5) is 5.13 Å². The summed E-state index contributed by atoms with van der Waals surface area (Å²) < 4.78 is 10.8. The molecule has 9 heteroatoms. The van der Waals surface area contributed by atoms with E-state index in [1.54, 1.807) is 39.0 Å². The van der Waals surface area contributed by atoms with Crippen LogP contribution in [-0.2, 0) is 14.3 Å². The first-order valence-corrected chi connectivity index (χ1v) is 13.2. The van der Waals surface area contributed by atoms with Gasteiger partial charge in [-0.15, -0.1) is 0 Å². The monoisotopic (exact) mass is 534 g/mol. The summed E-state index contributed by atoms with van der Waals surface area (Å²) in [5.74, 6) is -1.83. The fourth-order valence-electron chi connectivity index (χ4n) is 4.32. The van der Waals surface area contributed by atoms with E-state index in [0.29, 0.717) is 34.7 Å². The molecule has 0 spiro atoms. The van der Waals surface area contributed by atoms with Gasteiger partial charge in [0.25, 0.3) is 5.78 Å². The highest BCUT2D eigenvalue weighted by atomic mass is 32.1. The third-order valence-electron chi connectivity index (χ3n) is 6.22. The van der Waals surface area contributed by atoms with Crippen LogP contribution in [0.1, 0.15) is 63.9 Å². The highest BCUT2D eigenvalue weighted by molar-refractivity contribution is 7.17. The molecule has 4 rings (SSSR count). The second kappa shape index (κ2) is 11.2. The SMILES string of the molecule is CCCOc1ccc(C(O)=C2C(=O)C(=O)N(c3nc(C)c(C(=O)OCC)s3)[C@@H]2c2ccc(C)cc2)c(C)c1. The number of benzene rings is 2. The van der Waals surface area contributed by atoms with E-state index >= 15 is 0 Å². The zero-order chi connectivity index (χ0) is 27.6. The fourth-order valence-corrected chi connectivity index (χ4v) is 5.31. The molecule has 1 fully saturated rings. The van der Waals surface area contributed by atoms with E-state index in [9.17, 15) is 19.5 Å². The predicted molar refractivity (Wildman–Crippen MR) is 146 cm³/mol. The summed E-state index contributed by atoms with van der Waals surface area (Å²) in [6.45, 7) is 9.86. The molecule has 0 saturated carbocycles. The number of ketones is 1. The number of carbonyl (C=O) groups is 3. The van der Waals surface area contributed by atoms with Crippen molar-refractivity contribution in [3.05, 3.63) is 80.9 Å². The Kier molecular flexibility index (Phi) is 7.97. The molecule has 38 heavy (non-hydrogen) atoms. The molecular formula is C29H30N2O6S. The van der Waals surface area contributed by atoms with E-state index in [4.69, 9.17) is 9.47 Å². The van der Waals surface area contributed by atoms with Crippen LogP contribution in [0.25, 0.3) is 5.76 Å². The van der Waals surface area contributed by atoms with Crippen molar-refractivity contribution in [2.75, 3.05) is 18.1 Å². The van der Waals surface area contributed by atoms with Crippen molar-refractivity contribution in [3.8, 4) is 5.75 Å². The van der Waals surface area contributed by atoms with Crippen molar-refractivity contribution < 1.29 is 29.0 Å². The van der Waals surface area contributed by atoms with Gasteiger partial charge in [-0.05, 0) is 63.4 Å². The number of rotatable bonds is 8. The van der Waals surface area contributed by atoms with Gasteiger partial charge in [0.2, 0.25) is 0 Å². The lowest BCUT2D eigenvalue weighted by molar-refractivity contribution is -0.132. The van der Waals surface area contributed by atoms with Crippen molar-refractivity contribution >= 4 is 39.9 Å². The largest absolute Gasteiger partial charge is 0.507 e. The molecule has 0 unspecified atom stereocenters. The minimum absolute atomic E-state index is 0.0466. The minimum Gasteiger partial charge on any atom is -0.507 e. The third-order valence-corrected chi connectivity index (χ3v) is 7.35. The number of ether oxygens (including phenoxy) is 2. The number of aromatic nitrogens is 1. The van der Waals surface area contributed by atoms with Crippen molar-refractivity contribution in [2.24, 2.45) is 0 Å². The topological polar surface area (TPSA) is 106 Å². The molecule has 1 N–H and O–H groups in total. The maximum Gasteiger partial charge on any atom is 0.350 e. The van der Waals surface area contributed by atoms with Crippen LogP contribution in [0.5, 0.6) is 5.75 Å². The van der Waals surface area contributed by atoms with Crippen LogP contribution in [0.2, 0.25) is 0 Å². The molecule has 0 bridgehead atoms. The van der Waals surface area contributed by atoms with Crippen LogP contribution < -0.4 is 9.64 Å². The van der Waals surface area contributed by atoms with E-state index in [1.807, 2.05) is 38.1 Å². The second-order valence-electron chi connectivity index (χ2n) is 9.04. The standard InChI is InChI=1S/C29H30N2O6S/c1-6-14-37-20-12-13-21(17(4)15-20)24(32)22-23(19-10-8-16(3)9-11-19)31(27(34)25(22)33)29-30-18(5)26(38-29)28(35)36-7-2/h8-13,15,23,32H,6-7,14H2,1-5H3/t23-/m1/s1. The lowest BCUT2D eigenvalue weighted by Gasteiger charge is -2.23. The first-order chi connectivity index (χ1) is 18.2. The molecule has 1 amide bonds. The van der Waals surface area contributed by atoms with Gasteiger partial charge >= 0.3 is 11.9 Å². The van der Waals surface area contributed by atoms with Crippen LogP contribution in [-0.4, -0.2) is 41.0 Å². The second-order valence-corrected chi connectivity index (χ2v) is 10.0. The predicted octanol–water partition coefficient (Wildman–Crippen LogP) is 5.66. The van der Waals surface area contributed by atoms with E-state index in [-0.39, 0.29) is 27.9 Å². The summed E-state index contributed by atoms with van der Waals surface area (Å²) in [7, 11) is 0. The molecule has 1 aliphatic rings. The fraction of sp³-hybridized carbons (Fsp3) is 0.310. The molecule has 8 nitrogen and oxygen atoms in total. The molecule has 0 aliphatic carbocycles. The Morgan fingerprint density at radius 3 is 2.42 bits per heavy atom. The van der Waals surface area contributed by atoms with E-state index < -0.39 is 23.7 Å². The Morgan fingerprint density at radius 1 is 1.08 bits per heavy atom. The highest BCUT2D eigenvalue weighted by Gasteiger charge is 2.48. The Morgan fingerprint density at radius 2 is 1.79 bits per heavy atom. The molecule has 1 aromatic heterocycles. The summed E-state index contributed by atoms with van der Waals surface area (Å²) in [6.07, 6.45) is 0.856. The van der Waals surface area contributed by atoms with E-state index in [2.05, 4.69) is 4.98 Å². The molecule has 1 aliphatic heterocycles. The number of Topliss-reactive ketones (excluding diaryl/α,β-unsaturated/α-hetero) is 1. The third kappa shape index (κ3) is 5.06. The summed E-state index contributed by atoms with van der Waals surface area (Å²) in [6, 6.07) is 11.6. The number of hydrogen-bond donors (Lipinski definition) is 1. The lowest BCUT2D eigenvalue weighted by Crippen LogP contribution is -2.29. The average Bonchev–Trinajstić information content (AvgIpc) is 3.39. The van der Waals surface area contributed by atoms with Gasteiger partial charge in [-0.1, -0.05) is 48.1 Å². The zero-order valence-electron chi connectivity index (χ0n) is 22.0. The summed E-state index contributed by atoms with van der Waals surface area (Å²) in [5, 5.41) is 11.7. The van der Waals surface area contributed by atoms with Crippen molar-refractivity contribution in [3.63, 3.8) is 0 Å². The number of carbonyl (C=O) groups excluding carboxylic acids is 3. The Labute approximate surface area is 225 Å². The van der Waals surface area contributed by atoms with Crippen molar-refractivity contribution in [1.29, 1.82) is 0 Å². The van der Waals surface area contributed by atoms with Gasteiger partial charge in [0.05, 0.1) is 30.5 Å². The summed E-state index contributed by atoms with van der Waals surface area (Å²) in [5.41, 5.74) is 3.09. The maximum atomic E-state index is 13.5. The number of hydrogen-bond acceptors (Lipinski definition) is 8. The van der Waals surface area contributed by atoms with E-state index in [0.717, 1.165) is 23.3 Å². The number of thiazole rings is 1. The van der Waals surface area contributed by atoms with E-state index in [1.165, 1.54) is 4.90 Å². The number of anilines is 1. The normalized spacial score (nSPS) is 16.7. The summed E-state index contributed by atoms with van der Waals surface area (Å²) >= 11 is 0.981. The number of aliphatic hydroxyl groups is 1. The van der Waals surface area contributed by atoms with Crippen LogP contribution in [0, 0.1) is 20.8 Å². The van der Waals surface area contributed by atoms with Crippen molar-refractivity contribution in [2.45, 2.75) is 47.1 Å². The van der Waals surface area contributed by atoms with Gasteiger partial charge in [0.1, 0.15) is 16.4 Å². The molecule has 1 atom stereocenters. The molecular weight excluding hydrogens is 504 g/mol. The Hall–Kier alpha value is -3.98. The minimum atomic E-state index is -0.938. The molecule has 1 saturated heterocycles. The number of nitrogens with zero attached hydrogens (tertiary/aromatic N) is 2. The Bertz CT molecular complexity index is 1420. The molecule has 0 radical (unpaired) electrons. The average molecular weight is 535 g/mol. The van der Waals surface area contributed by atoms with Gasteiger partial charge < -0.3 is 14.6 Å². The highest BCUT2D eigenvalue weighted by Crippen LogP contribution is 2.44. The van der Waals surface area contributed by atoms with Crippen molar-refractivity contribution in [1.82, 2.24) is 4.98 Å². The van der Waals surface area contributed by atoms with Gasteiger partial charge in [0.15, 0.2) is 5.13 Å². The molecule has 2 heterocycles. The Balaban J connectivity index is 1.87. The number of aryl methyl sites for hydroxylation is 3. The first kappa shape index (κ1) is 27.1. The number of amides is 1. The summed E-state index contributed by atoms with van der Waals surface area (Å²) in [4.78, 5) is 45.3. The maximum absolute atomic E-state index is 13.5. The smallest absolute Gasteiger partial charge is 0.350 e. The van der Waals surface area contributed by atoms with Gasteiger partial charge in [0, 0.05) is 5.56 Å². The van der Waals surface area contributed by atoms with Crippen LogP contribution >= 0.6 is 11.3 Å². The lowest BCUT2D eigenvalue weighted by atomic mass is 9.93. The van der Waals surface area contributed by atoms with Crippen LogP contribution in [0.3, 0.4) is 0 Å². The van der Waals surface area contributed by atoms with Crippen LogP contribution in [0.15, 0.2) is 48.0 Å². The van der Waals surface area contributed by atoms with Gasteiger partial charge in [-0.25, -0.2) is 9.78 Å². The number of esters is 1. The quantitative estimate of drug-likeness (QED) is 0.172. The zero-order valence-corrected chi connectivity index (χ0v) is 22.8. The molecule has 198 valence electrons.